The van der Waals surface area contributed by atoms with Crippen molar-refractivity contribution in [2.24, 2.45) is 10.9 Å². The van der Waals surface area contributed by atoms with Crippen LogP contribution in [0, 0.1) is 5.92 Å². The van der Waals surface area contributed by atoms with Gasteiger partial charge in [-0.05, 0) is 55.6 Å². The fourth-order valence-electron chi connectivity index (χ4n) is 5.55. The zero-order chi connectivity index (χ0) is 27.4. The van der Waals surface area contributed by atoms with Crippen molar-refractivity contribution in [3.8, 4) is 0 Å². The summed E-state index contributed by atoms with van der Waals surface area (Å²) in [6, 6.07) is 8.54. The fourth-order valence-corrected chi connectivity index (χ4v) is 5.55. The van der Waals surface area contributed by atoms with Crippen LogP contribution in [0.15, 0.2) is 59.8 Å². The Morgan fingerprint density at radius 2 is 1.92 bits per heavy atom. The Bertz CT molecular complexity index is 1210. The maximum Gasteiger partial charge on any atom is 0.229 e. The third-order valence-electron chi connectivity index (χ3n) is 7.73. The van der Waals surface area contributed by atoms with Gasteiger partial charge in [-0.2, -0.15) is 4.98 Å². The number of fused-ring (bicyclic) bond motifs is 2. The fraction of sp³-hybridized carbons (Fsp3) is 0.483. The van der Waals surface area contributed by atoms with E-state index in [0.717, 1.165) is 63.2 Å². The molecule has 0 bridgehead atoms. The topological polar surface area (TPSA) is 92.6 Å². The zero-order valence-corrected chi connectivity index (χ0v) is 23.3. The number of hydroxylamine groups is 1. The first-order valence-corrected chi connectivity index (χ1v) is 13.8. The van der Waals surface area contributed by atoms with Crippen LogP contribution in [0.25, 0.3) is 0 Å². The van der Waals surface area contributed by atoms with Gasteiger partial charge in [-0.25, -0.2) is 9.99 Å². The van der Waals surface area contributed by atoms with Gasteiger partial charge in [0, 0.05) is 68.6 Å². The van der Waals surface area contributed by atoms with Crippen LogP contribution in [-0.2, 0) is 11.4 Å². The number of nitrogens with zero attached hydrogens (tertiary/aromatic N) is 7. The number of hydrazine groups is 1. The number of likely N-dealkylation sites (N-methyl/N-ethyl adjacent to an activating group) is 1. The summed E-state index contributed by atoms with van der Waals surface area (Å²) in [5.41, 5.74) is 5.80. The Morgan fingerprint density at radius 1 is 1.15 bits per heavy atom. The summed E-state index contributed by atoms with van der Waals surface area (Å²) < 4.78 is 0. The molecule has 1 saturated carbocycles. The van der Waals surface area contributed by atoms with Crippen molar-refractivity contribution in [3.63, 3.8) is 0 Å². The molecule has 4 aliphatic rings. The average molecular weight is 533 g/mol. The second kappa shape index (κ2) is 12.3. The molecule has 39 heavy (non-hydrogen) atoms. The van der Waals surface area contributed by atoms with Gasteiger partial charge in [0.15, 0.2) is 5.82 Å². The molecule has 2 N–H and O–H groups in total. The van der Waals surface area contributed by atoms with E-state index in [1.54, 1.807) is 0 Å². The number of piperazine rings is 1. The van der Waals surface area contributed by atoms with E-state index in [0.29, 0.717) is 25.0 Å². The molecule has 2 aromatic rings. The number of anilines is 4. The number of aliphatic imine (C=N–C) groups is 1. The number of allylic oxidation sites excluding steroid dienone is 1. The molecule has 0 spiro atoms. The van der Waals surface area contributed by atoms with Gasteiger partial charge in [0.25, 0.3) is 0 Å². The minimum atomic E-state index is -0.107. The van der Waals surface area contributed by atoms with E-state index in [1.807, 2.05) is 17.4 Å². The lowest BCUT2D eigenvalue weighted by molar-refractivity contribution is -0.185. The summed E-state index contributed by atoms with van der Waals surface area (Å²) in [5.74, 6) is 1.88. The Kier molecular flexibility index (Phi) is 8.56. The molecule has 2 unspecified atom stereocenters. The first-order chi connectivity index (χ1) is 19.1. The molecule has 1 aromatic carbocycles. The highest BCUT2D eigenvalue weighted by Gasteiger charge is 2.36. The highest BCUT2D eigenvalue weighted by Crippen LogP contribution is 2.36. The number of dihydropyridines is 1. The van der Waals surface area contributed by atoms with Gasteiger partial charge in [-0.3, -0.25) is 9.83 Å². The first-order valence-electron chi connectivity index (χ1n) is 13.8. The number of aromatic nitrogens is 2. The van der Waals surface area contributed by atoms with E-state index in [1.165, 1.54) is 23.4 Å². The molecule has 208 valence electrons. The molecule has 10 heteroatoms. The number of nitrogens with one attached hydrogen (secondary N) is 1. The van der Waals surface area contributed by atoms with Gasteiger partial charge < -0.3 is 20.2 Å². The number of aliphatic hydroxyl groups is 1. The van der Waals surface area contributed by atoms with Crippen molar-refractivity contribution in [2.75, 3.05) is 62.1 Å². The predicted molar refractivity (Wildman–Crippen MR) is 156 cm³/mol. The van der Waals surface area contributed by atoms with Crippen LogP contribution in [0.4, 0.5) is 23.1 Å². The highest BCUT2D eigenvalue weighted by atomic mass is 16.7. The lowest BCUT2D eigenvalue weighted by atomic mass is 10.0. The second-order valence-electron chi connectivity index (χ2n) is 10.3. The Balaban J connectivity index is 0.00000151. The van der Waals surface area contributed by atoms with E-state index >= 15 is 0 Å². The smallest absolute Gasteiger partial charge is 0.229 e. The summed E-state index contributed by atoms with van der Waals surface area (Å²) in [6.45, 7) is 11.4. The van der Waals surface area contributed by atoms with E-state index in [2.05, 4.69) is 76.0 Å². The van der Waals surface area contributed by atoms with E-state index in [4.69, 9.17) is 19.9 Å². The van der Waals surface area contributed by atoms with Crippen LogP contribution in [0.1, 0.15) is 31.7 Å². The molecule has 10 nitrogen and oxygen atoms in total. The largest absolute Gasteiger partial charge is 0.400 e. The van der Waals surface area contributed by atoms with Crippen molar-refractivity contribution >= 4 is 28.9 Å². The minimum Gasteiger partial charge on any atom is -0.400 e. The van der Waals surface area contributed by atoms with Crippen LogP contribution in [0.3, 0.4) is 0 Å². The molecule has 0 amide bonds. The summed E-state index contributed by atoms with van der Waals surface area (Å²) in [5, 5.41) is 14.3. The summed E-state index contributed by atoms with van der Waals surface area (Å²) in [6.07, 6.45) is 9.06. The number of hydrogen-bond donors (Lipinski definition) is 2. The van der Waals surface area contributed by atoms with Crippen molar-refractivity contribution in [2.45, 2.75) is 39.0 Å². The summed E-state index contributed by atoms with van der Waals surface area (Å²) in [7, 11) is 3.18. The van der Waals surface area contributed by atoms with Gasteiger partial charge in [-0.15, -0.1) is 6.58 Å². The van der Waals surface area contributed by atoms with E-state index in [9.17, 15) is 0 Å². The number of hydrogen-bond acceptors (Lipinski definition) is 10. The summed E-state index contributed by atoms with van der Waals surface area (Å²) >= 11 is 0. The lowest BCUT2D eigenvalue weighted by Gasteiger charge is -2.42. The zero-order valence-electron chi connectivity index (χ0n) is 23.3. The molecular formula is C29H40N8O2. The lowest BCUT2D eigenvalue weighted by Crippen LogP contribution is -2.52. The second-order valence-corrected chi connectivity index (χ2v) is 10.3. The Hall–Kier alpha value is -3.31. The maximum absolute atomic E-state index is 7.00. The molecule has 0 radical (unpaired) electrons. The molecule has 1 saturated heterocycles. The minimum absolute atomic E-state index is 0.107. The van der Waals surface area contributed by atoms with Crippen LogP contribution >= 0.6 is 0 Å². The third-order valence-corrected chi connectivity index (χ3v) is 7.73. The maximum atomic E-state index is 7.00. The molecule has 1 aromatic heterocycles. The third kappa shape index (κ3) is 5.84. The van der Waals surface area contributed by atoms with E-state index < -0.39 is 0 Å². The van der Waals surface area contributed by atoms with Gasteiger partial charge in [0.05, 0.1) is 6.54 Å². The average Bonchev–Trinajstić information content (AvgIpc) is 3.35. The molecule has 4 heterocycles. The van der Waals surface area contributed by atoms with Crippen LogP contribution in [-0.4, -0.2) is 83.9 Å². The van der Waals surface area contributed by atoms with Gasteiger partial charge in [0.2, 0.25) is 5.95 Å². The molecule has 1 aliphatic carbocycles. The Labute approximate surface area is 231 Å². The Morgan fingerprint density at radius 3 is 2.67 bits per heavy atom. The predicted octanol–water partition coefficient (Wildman–Crippen LogP) is 3.76. The van der Waals surface area contributed by atoms with Gasteiger partial charge >= 0.3 is 0 Å². The molecule has 3 aliphatic heterocycles. The first kappa shape index (κ1) is 27.3. The quantitative estimate of drug-likeness (QED) is 0.540. The van der Waals surface area contributed by atoms with Crippen LogP contribution < -0.4 is 15.2 Å². The molecule has 6 rings (SSSR count). The van der Waals surface area contributed by atoms with Crippen molar-refractivity contribution < 1.29 is 9.94 Å². The van der Waals surface area contributed by atoms with Gasteiger partial charge in [0.1, 0.15) is 12.8 Å². The standard InChI is InChI=1S/C28H36N8O.CH4O/c1-4-13-35-36(25-12-7-21-6-5-20(2)26(21)31-25)27-22(19-37-35)18-29-28(32-27)30-23-8-10-24(11-9-23)34-16-14-33(3)15-17-34;1-2/h4,7-11,18,20,25H,1,5-6,12-17,19H2,2-3H3,(H,29,30,32);2H,1H3. The van der Waals surface area contributed by atoms with Crippen molar-refractivity contribution in [3.05, 3.63) is 60.3 Å². The number of rotatable bonds is 6. The van der Waals surface area contributed by atoms with E-state index in [-0.39, 0.29) is 6.17 Å². The number of aliphatic hydroxyl groups excluding tert-OH is 1. The molecular weight excluding hydrogens is 492 g/mol. The van der Waals surface area contributed by atoms with Crippen molar-refractivity contribution in [1.82, 2.24) is 20.0 Å². The normalized spacial score (nSPS) is 23.2. The monoisotopic (exact) mass is 532 g/mol. The molecule has 2 fully saturated rings. The molecule has 2 atom stereocenters. The highest BCUT2D eigenvalue weighted by molar-refractivity contribution is 6.04. The summed E-state index contributed by atoms with van der Waals surface area (Å²) in [4.78, 5) is 25.6. The van der Waals surface area contributed by atoms with Crippen LogP contribution in [0.5, 0.6) is 0 Å². The van der Waals surface area contributed by atoms with Crippen LogP contribution in [0.2, 0.25) is 0 Å². The van der Waals surface area contributed by atoms with Gasteiger partial charge in [-0.1, -0.05) is 24.2 Å². The number of benzene rings is 1. The van der Waals surface area contributed by atoms with Crippen molar-refractivity contribution in [1.29, 1.82) is 0 Å². The SMILES string of the molecule is C=CCN1OCc2cnc(Nc3ccc(N4CCN(C)CC4)cc3)nc2N1C1CC=C2CCC(C)C2=N1.CO.